The number of carbonyl (C=O) groups excluding carboxylic acids is 2. The van der Waals surface area contributed by atoms with Crippen molar-refractivity contribution in [3.05, 3.63) is 48.4 Å². The first-order valence-electron chi connectivity index (χ1n) is 7.78. The van der Waals surface area contributed by atoms with Gasteiger partial charge in [0.15, 0.2) is 5.76 Å². The minimum absolute atomic E-state index is 0.0920. The van der Waals surface area contributed by atoms with E-state index in [2.05, 4.69) is 16.0 Å². The first-order chi connectivity index (χ1) is 11.7. The molecule has 0 saturated carbocycles. The number of hydrogen-bond donors (Lipinski definition) is 3. The Hall–Kier alpha value is -2.64. The molecule has 7 heteroatoms. The number of furan rings is 1. The molecule has 1 unspecified atom stereocenters. The minimum atomic E-state index is -0.321. The van der Waals surface area contributed by atoms with Gasteiger partial charge in [0.05, 0.1) is 25.4 Å². The van der Waals surface area contributed by atoms with Crippen LogP contribution in [0.4, 0.5) is 11.4 Å². The largest absolute Gasteiger partial charge is 0.459 e. The van der Waals surface area contributed by atoms with E-state index in [0.717, 1.165) is 6.54 Å². The molecule has 3 rings (SSSR count). The van der Waals surface area contributed by atoms with Gasteiger partial charge in [0.1, 0.15) is 0 Å². The lowest BCUT2D eigenvalue weighted by molar-refractivity contribution is -0.119. The molecule has 24 heavy (non-hydrogen) atoms. The average Bonchev–Trinajstić information content (AvgIpc) is 3.12. The summed E-state index contributed by atoms with van der Waals surface area (Å²) in [5.41, 5.74) is 1.29. The fourth-order valence-corrected chi connectivity index (χ4v) is 2.41. The monoisotopic (exact) mass is 329 g/mol. The molecule has 3 N–H and O–H groups in total. The topological polar surface area (TPSA) is 92.6 Å². The van der Waals surface area contributed by atoms with Gasteiger partial charge in [-0.1, -0.05) is 0 Å². The highest BCUT2D eigenvalue weighted by Gasteiger charge is 2.17. The minimum Gasteiger partial charge on any atom is -0.459 e. The van der Waals surface area contributed by atoms with Gasteiger partial charge < -0.3 is 25.1 Å². The maximum absolute atomic E-state index is 12.0. The Kier molecular flexibility index (Phi) is 5.25. The third-order valence-corrected chi connectivity index (χ3v) is 3.59. The van der Waals surface area contributed by atoms with Crippen molar-refractivity contribution in [1.29, 1.82) is 0 Å². The number of benzene rings is 1. The number of carbonyl (C=O) groups is 2. The molecule has 126 valence electrons. The lowest BCUT2D eigenvalue weighted by Crippen LogP contribution is -2.40. The number of ether oxygens (including phenoxy) is 1. The van der Waals surface area contributed by atoms with Gasteiger partial charge in [-0.3, -0.25) is 9.59 Å². The summed E-state index contributed by atoms with van der Waals surface area (Å²) in [6, 6.07) is 10.1. The zero-order valence-corrected chi connectivity index (χ0v) is 13.1. The van der Waals surface area contributed by atoms with E-state index in [9.17, 15) is 9.59 Å². The molecule has 1 saturated heterocycles. The van der Waals surface area contributed by atoms with Crippen LogP contribution in [0.1, 0.15) is 17.0 Å². The van der Waals surface area contributed by atoms with Gasteiger partial charge in [-0.05, 0) is 36.4 Å². The predicted octanol–water partition coefficient (Wildman–Crippen LogP) is 1.85. The highest BCUT2D eigenvalue weighted by atomic mass is 16.5. The Balaban J connectivity index is 1.50. The quantitative estimate of drug-likeness (QED) is 0.778. The lowest BCUT2D eigenvalue weighted by atomic mass is 10.2. The smallest absolute Gasteiger partial charge is 0.291 e. The summed E-state index contributed by atoms with van der Waals surface area (Å²) in [5.74, 6) is -0.178. The molecule has 0 radical (unpaired) electrons. The van der Waals surface area contributed by atoms with Crippen LogP contribution in [0.3, 0.4) is 0 Å². The Morgan fingerprint density at radius 3 is 2.50 bits per heavy atom. The van der Waals surface area contributed by atoms with Gasteiger partial charge in [-0.25, -0.2) is 0 Å². The van der Waals surface area contributed by atoms with Gasteiger partial charge >= 0.3 is 0 Å². The fraction of sp³-hybridized carbons (Fsp3) is 0.294. The van der Waals surface area contributed by atoms with Crippen LogP contribution < -0.4 is 16.0 Å². The molecular weight excluding hydrogens is 310 g/mol. The van der Waals surface area contributed by atoms with Crippen LogP contribution in [0, 0.1) is 0 Å². The molecular formula is C17H19N3O4. The molecule has 2 aromatic rings. The molecule has 1 aromatic carbocycles. The van der Waals surface area contributed by atoms with Crippen molar-refractivity contribution in [3.8, 4) is 0 Å². The van der Waals surface area contributed by atoms with Gasteiger partial charge in [-0.15, -0.1) is 0 Å². The van der Waals surface area contributed by atoms with Crippen LogP contribution in [0.15, 0.2) is 47.1 Å². The Labute approximate surface area is 139 Å². The second kappa shape index (κ2) is 7.76. The van der Waals surface area contributed by atoms with Crippen LogP contribution >= 0.6 is 0 Å². The molecule has 7 nitrogen and oxygen atoms in total. The number of morpholine rings is 1. The molecule has 1 fully saturated rings. The fourth-order valence-electron chi connectivity index (χ4n) is 2.41. The molecule has 2 amide bonds. The third-order valence-electron chi connectivity index (χ3n) is 3.59. The summed E-state index contributed by atoms with van der Waals surface area (Å²) < 4.78 is 10.5. The maximum Gasteiger partial charge on any atom is 0.291 e. The number of rotatable bonds is 5. The van der Waals surface area contributed by atoms with Crippen LogP contribution in [-0.2, 0) is 9.53 Å². The standard InChI is InChI=1S/C17H19N3O4/c21-16(10-14-11-18-7-9-23-14)19-12-3-5-13(6-4-12)20-17(22)15-2-1-8-24-15/h1-6,8,14,18H,7,9-11H2,(H,19,21)(H,20,22). The summed E-state index contributed by atoms with van der Waals surface area (Å²) in [7, 11) is 0. The third kappa shape index (κ3) is 4.43. The number of amides is 2. The van der Waals surface area contributed by atoms with E-state index in [4.69, 9.17) is 9.15 Å². The first-order valence-corrected chi connectivity index (χ1v) is 7.78. The molecule has 0 aliphatic carbocycles. The Bertz CT molecular complexity index is 676. The van der Waals surface area contributed by atoms with Crippen molar-refractivity contribution in [3.63, 3.8) is 0 Å². The number of nitrogens with one attached hydrogen (secondary N) is 3. The van der Waals surface area contributed by atoms with E-state index >= 15 is 0 Å². The normalized spacial score (nSPS) is 17.2. The molecule has 1 aliphatic heterocycles. The van der Waals surface area contributed by atoms with Crippen LogP contribution in [0.2, 0.25) is 0 Å². The van der Waals surface area contributed by atoms with E-state index < -0.39 is 0 Å². The van der Waals surface area contributed by atoms with Gasteiger partial charge in [-0.2, -0.15) is 0 Å². The maximum atomic E-state index is 12.0. The number of anilines is 2. The van der Waals surface area contributed by atoms with Crippen molar-refractivity contribution >= 4 is 23.2 Å². The summed E-state index contributed by atoms with van der Waals surface area (Å²) in [6.45, 7) is 2.14. The van der Waals surface area contributed by atoms with Gasteiger partial charge in [0.2, 0.25) is 5.91 Å². The van der Waals surface area contributed by atoms with Crippen molar-refractivity contribution in [2.24, 2.45) is 0 Å². The summed E-state index contributed by atoms with van der Waals surface area (Å²) >= 11 is 0. The van der Waals surface area contributed by atoms with E-state index in [0.29, 0.717) is 30.9 Å². The highest BCUT2D eigenvalue weighted by Crippen LogP contribution is 2.15. The van der Waals surface area contributed by atoms with E-state index in [1.165, 1.54) is 6.26 Å². The molecule has 0 bridgehead atoms. The molecule has 0 spiro atoms. The molecule has 1 aliphatic rings. The predicted molar refractivity (Wildman–Crippen MR) is 89.0 cm³/mol. The van der Waals surface area contributed by atoms with E-state index in [-0.39, 0.29) is 23.7 Å². The summed E-state index contributed by atoms with van der Waals surface area (Å²) in [5, 5.41) is 8.72. The summed E-state index contributed by atoms with van der Waals surface area (Å²) in [4.78, 5) is 23.9. The van der Waals surface area contributed by atoms with Crippen LogP contribution in [0.5, 0.6) is 0 Å². The van der Waals surface area contributed by atoms with Crippen molar-refractivity contribution in [2.75, 3.05) is 30.3 Å². The average molecular weight is 329 g/mol. The van der Waals surface area contributed by atoms with Crippen LogP contribution in [-0.4, -0.2) is 37.6 Å². The zero-order chi connectivity index (χ0) is 16.8. The lowest BCUT2D eigenvalue weighted by Gasteiger charge is -2.23. The van der Waals surface area contributed by atoms with E-state index in [1.54, 1.807) is 36.4 Å². The van der Waals surface area contributed by atoms with E-state index in [1.807, 2.05) is 0 Å². The molecule has 2 heterocycles. The SMILES string of the molecule is O=C(CC1CNCCO1)Nc1ccc(NC(=O)c2ccco2)cc1. The number of hydrogen-bond acceptors (Lipinski definition) is 5. The highest BCUT2D eigenvalue weighted by molar-refractivity contribution is 6.02. The first kappa shape index (κ1) is 16.2. The Morgan fingerprint density at radius 1 is 1.12 bits per heavy atom. The van der Waals surface area contributed by atoms with Gasteiger partial charge in [0, 0.05) is 24.5 Å². The summed E-state index contributed by atoms with van der Waals surface area (Å²) in [6.07, 6.45) is 1.66. The molecule has 1 atom stereocenters. The van der Waals surface area contributed by atoms with Crippen molar-refractivity contribution in [2.45, 2.75) is 12.5 Å². The second-order valence-corrected chi connectivity index (χ2v) is 5.46. The van der Waals surface area contributed by atoms with Crippen LogP contribution in [0.25, 0.3) is 0 Å². The van der Waals surface area contributed by atoms with Crippen molar-refractivity contribution in [1.82, 2.24) is 5.32 Å². The molecule has 1 aromatic heterocycles. The second-order valence-electron chi connectivity index (χ2n) is 5.46. The van der Waals surface area contributed by atoms with Crippen molar-refractivity contribution < 1.29 is 18.7 Å². The Morgan fingerprint density at radius 2 is 1.88 bits per heavy atom. The zero-order valence-electron chi connectivity index (χ0n) is 13.1. The van der Waals surface area contributed by atoms with Gasteiger partial charge in [0.25, 0.3) is 5.91 Å².